The Labute approximate surface area is 498 Å². The molecule has 0 radical (unpaired) electrons. The maximum atomic E-state index is 13.7. The predicted octanol–water partition coefficient (Wildman–Crippen LogP) is 7.67. The monoisotopic (exact) mass is 1180 g/mol. The fraction of sp³-hybridized carbons (Fsp3) is 0.800. The summed E-state index contributed by atoms with van der Waals surface area (Å²) in [5, 5.41) is 116. The van der Waals surface area contributed by atoms with Gasteiger partial charge in [0, 0.05) is 81.9 Å². The average Bonchev–Trinajstić information content (AvgIpc) is 3.60. The number of nitrogens with one attached hydrogen (secondary N) is 1. The molecule has 18 heteroatoms. The average molecular weight is 1180 g/mol. The molecule has 0 aliphatic carbocycles. The molecule has 18 atom stereocenters. The molecule has 0 spiro atoms. The van der Waals surface area contributed by atoms with Crippen molar-refractivity contribution in [2.24, 2.45) is 46.2 Å². The molecule has 0 saturated carbocycles. The molecule has 2 bridgehead atoms. The number of unbranched alkanes of at least 4 members (excludes halogenated alkanes) is 7. The molecule has 0 aromatic heterocycles. The normalized spacial score (nSPS) is 33.9. The number of carbonyl (C=O) groups is 2. The lowest BCUT2D eigenvalue weighted by Gasteiger charge is -2.45. The summed E-state index contributed by atoms with van der Waals surface area (Å²) in [5.41, 5.74) is 6.60. The Morgan fingerprint density at radius 1 is 0.735 bits per heavy atom. The van der Waals surface area contributed by atoms with Gasteiger partial charge in [0.25, 0.3) is 0 Å². The molecule has 2 aliphatic heterocycles. The first-order valence-corrected chi connectivity index (χ1v) is 31.4. The van der Waals surface area contributed by atoms with Crippen LogP contribution >= 0.6 is 0 Å². The lowest BCUT2D eigenvalue weighted by Crippen LogP contribution is -2.60. The number of rotatable bonds is 19. The molecule has 1 saturated heterocycles. The van der Waals surface area contributed by atoms with Crippen LogP contribution in [0.25, 0.3) is 0 Å². The third-order valence-electron chi connectivity index (χ3n) is 16.9. The molecule has 13 N–H and O–H groups in total. The van der Waals surface area contributed by atoms with E-state index in [4.69, 9.17) is 19.9 Å². The number of cyclic esters (lactones) is 1. The highest BCUT2D eigenvalue weighted by atomic mass is 16.7. The van der Waals surface area contributed by atoms with E-state index in [0.29, 0.717) is 29.4 Å². The summed E-state index contributed by atoms with van der Waals surface area (Å²) in [5.74, 6) is -4.33. The SMILES string of the molecule is CN=C(N)NCCCC=CCCC[C@H](C)[C@@H]1OC(=O)C(C)=CC=C[C@H](C)[C@@H](O)C[C@H](O)[C@@H](C)[C@H](O)CC[C@H](C)[C@@H](O)C[C@@]2(O)O[C@@H](C[C@@H](OC(=O)CCCCCCCCC(C)C)C[C@H](O)C[C@@H](O)C[C@H](O)C(C)=CC=C[C@@H]1C)C[C@@H](O)[C@@H]2O. The second kappa shape index (κ2) is 40.8. The largest absolute Gasteiger partial charge is 0.462 e. The second-order valence-corrected chi connectivity index (χ2v) is 25.1. The number of aliphatic hydroxyl groups excluding tert-OH is 9. The van der Waals surface area contributed by atoms with Crippen LogP contribution in [0.5, 0.6) is 0 Å². The summed E-state index contributed by atoms with van der Waals surface area (Å²) in [4.78, 5) is 31.0. The molecule has 0 aromatic rings. The van der Waals surface area contributed by atoms with Crippen LogP contribution in [0.2, 0.25) is 0 Å². The first-order chi connectivity index (χ1) is 39.2. The van der Waals surface area contributed by atoms with Gasteiger partial charge in [-0.05, 0) is 95.0 Å². The highest BCUT2D eigenvalue weighted by Gasteiger charge is 2.50. The third-order valence-corrected chi connectivity index (χ3v) is 16.9. The number of fused-ring (bicyclic) bond motifs is 2. The number of nitrogens with two attached hydrogens (primary N) is 1. The minimum Gasteiger partial charge on any atom is -0.462 e. The summed E-state index contributed by atoms with van der Waals surface area (Å²) in [7, 11) is 1.64. The Kier molecular flexibility index (Phi) is 37.1. The standard InChI is InChI=1S/C65H115N3O15/c1-42(2)25-19-15-11-12-17-21-31-60(77)81-52-36-50(69)35-51(70)37-55(72)43(3)27-23-29-47(7)61(46(6)26-20-16-13-14-18-22-34-68-64(66)67-10)82-63(79)48(8)30-24-28-44(4)56(73)40-57(74)49(9)54(71)33-32-45(5)59(76)41-65(80)62(78)58(75)39-53(38-52)83-65/h13-14,23-24,27-30,42,44-47,49-59,61-62,69-76,78,80H,11-12,15-22,25-26,31-41H2,1-10H3,(H3,66,67,68)/t44-,45-,46-,47-,49-,50+,51+,52-,53-,54+,55-,56-,57-,58+,59-,61-,62-,65+/m0/s1. The predicted molar refractivity (Wildman–Crippen MR) is 326 cm³/mol. The van der Waals surface area contributed by atoms with E-state index in [-0.39, 0.29) is 69.6 Å². The zero-order chi connectivity index (χ0) is 62.2. The number of hydrogen-bond acceptors (Lipinski definition) is 16. The molecule has 83 heavy (non-hydrogen) atoms. The van der Waals surface area contributed by atoms with E-state index >= 15 is 0 Å². The maximum Gasteiger partial charge on any atom is 0.334 e. The molecule has 18 nitrogen and oxygen atoms in total. The maximum absolute atomic E-state index is 13.7. The van der Waals surface area contributed by atoms with Crippen molar-refractivity contribution in [2.45, 2.75) is 283 Å². The fourth-order valence-electron chi connectivity index (χ4n) is 10.9. The topological polar surface area (TPSA) is 315 Å². The number of aliphatic imine (C=N–C) groups is 1. The van der Waals surface area contributed by atoms with Crippen LogP contribution in [0.3, 0.4) is 0 Å². The van der Waals surface area contributed by atoms with E-state index in [1.807, 2.05) is 13.0 Å². The lowest BCUT2D eigenvalue weighted by atomic mass is 9.84. The number of esters is 2. The van der Waals surface area contributed by atoms with E-state index in [0.717, 1.165) is 64.3 Å². The van der Waals surface area contributed by atoms with E-state index in [1.54, 1.807) is 72.0 Å². The van der Waals surface area contributed by atoms with Crippen LogP contribution in [0.15, 0.2) is 64.7 Å². The van der Waals surface area contributed by atoms with Crippen molar-refractivity contribution < 1.29 is 74.9 Å². The molecule has 0 amide bonds. The Hall–Kier alpha value is -3.53. The number of hydrogen-bond donors (Lipinski definition) is 12. The van der Waals surface area contributed by atoms with Crippen molar-refractivity contribution >= 4 is 17.9 Å². The van der Waals surface area contributed by atoms with Crippen molar-refractivity contribution in [3.63, 3.8) is 0 Å². The van der Waals surface area contributed by atoms with Gasteiger partial charge in [-0.15, -0.1) is 0 Å². The van der Waals surface area contributed by atoms with Crippen molar-refractivity contribution in [3.8, 4) is 0 Å². The number of nitrogens with zero attached hydrogens (tertiary/aromatic N) is 1. The molecular formula is C65H115N3O15. The first-order valence-electron chi connectivity index (χ1n) is 31.4. The van der Waals surface area contributed by atoms with E-state index in [9.17, 15) is 60.7 Å². The summed E-state index contributed by atoms with van der Waals surface area (Å²) in [6, 6.07) is 0. The first kappa shape index (κ1) is 75.6. The molecule has 2 aliphatic rings. The summed E-state index contributed by atoms with van der Waals surface area (Å²) in [6.45, 7) is 17.7. The van der Waals surface area contributed by atoms with Gasteiger partial charge in [-0.25, -0.2) is 4.79 Å². The van der Waals surface area contributed by atoms with Gasteiger partial charge >= 0.3 is 11.9 Å². The van der Waals surface area contributed by atoms with Crippen molar-refractivity contribution in [3.05, 3.63) is 59.8 Å². The van der Waals surface area contributed by atoms with Gasteiger partial charge in [0.05, 0.1) is 54.9 Å². The van der Waals surface area contributed by atoms with E-state index in [2.05, 4.69) is 43.2 Å². The van der Waals surface area contributed by atoms with Crippen LogP contribution in [-0.2, 0) is 23.8 Å². The van der Waals surface area contributed by atoms with Gasteiger partial charge in [-0.3, -0.25) is 9.79 Å². The van der Waals surface area contributed by atoms with Crippen LogP contribution in [0.4, 0.5) is 0 Å². The third kappa shape index (κ3) is 30.6. The minimum absolute atomic E-state index is 0.0393. The van der Waals surface area contributed by atoms with Crippen molar-refractivity contribution in [2.75, 3.05) is 13.6 Å². The van der Waals surface area contributed by atoms with Gasteiger partial charge in [0.15, 0.2) is 11.7 Å². The number of carbonyl (C=O) groups excluding carboxylic acids is 2. The van der Waals surface area contributed by atoms with Crippen molar-refractivity contribution in [1.29, 1.82) is 0 Å². The lowest BCUT2D eigenvalue weighted by molar-refractivity contribution is -0.333. The molecule has 0 unspecified atom stereocenters. The Morgan fingerprint density at radius 3 is 2.04 bits per heavy atom. The van der Waals surface area contributed by atoms with Crippen LogP contribution in [-0.4, -0.2) is 162 Å². The number of guanidine groups is 1. The highest BCUT2D eigenvalue weighted by molar-refractivity contribution is 5.88. The fourth-order valence-corrected chi connectivity index (χ4v) is 10.9. The Balaban J connectivity index is 2.43. The van der Waals surface area contributed by atoms with E-state index in [1.165, 1.54) is 12.8 Å². The zero-order valence-corrected chi connectivity index (χ0v) is 52.3. The van der Waals surface area contributed by atoms with Gasteiger partial charge in [-0.1, -0.05) is 136 Å². The molecule has 0 aromatic carbocycles. The Bertz CT molecular complexity index is 2000. The van der Waals surface area contributed by atoms with Gasteiger partial charge in [0.2, 0.25) is 0 Å². The molecule has 1 fully saturated rings. The van der Waals surface area contributed by atoms with E-state index < -0.39 is 115 Å². The Morgan fingerprint density at radius 2 is 1.36 bits per heavy atom. The van der Waals surface area contributed by atoms with Gasteiger partial charge in [0.1, 0.15) is 18.3 Å². The zero-order valence-electron chi connectivity index (χ0n) is 52.3. The molecule has 2 rings (SSSR count). The number of allylic oxidation sites excluding steroid dienone is 6. The number of aliphatic hydroxyl groups is 10. The molecular weight excluding hydrogens is 1060 g/mol. The van der Waals surface area contributed by atoms with Crippen LogP contribution in [0.1, 0.15) is 204 Å². The van der Waals surface area contributed by atoms with Gasteiger partial charge < -0.3 is 76.3 Å². The van der Waals surface area contributed by atoms with Crippen molar-refractivity contribution in [1.82, 2.24) is 5.32 Å². The minimum atomic E-state index is -2.43. The number of ether oxygens (including phenoxy) is 3. The second-order valence-electron chi connectivity index (χ2n) is 25.1. The summed E-state index contributed by atoms with van der Waals surface area (Å²) in [6.07, 6.45) is 11.5. The molecule has 2 heterocycles. The van der Waals surface area contributed by atoms with Crippen LogP contribution in [0, 0.1) is 35.5 Å². The van der Waals surface area contributed by atoms with Gasteiger partial charge in [-0.2, -0.15) is 0 Å². The molecule has 480 valence electrons. The van der Waals surface area contributed by atoms with Crippen LogP contribution < -0.4 is 11.1 Å². The quantitative estimate of drug-likeness (QED) is 0.0194. The summed E-state index contributed by atoms with van der Waals surface area (Å²) < 4.78 is 18.3. The smallest absolute Gasteiger partial charge is 0.334 e. The summed E-state index contributed by atoms with van der Waals surface area (Å²) >= 11 is 0. The highest BCUT2D eigenvalue weighted by Crippen LogP contribution is 2.36.